The molecule has 0 bridgehead atoms. The maximum Gasteiger partial charge on any atom is 0.264 e. The van der Waals surface area contributed by atoms with Gasteiger partial charge in [-0.1, -0.05) is 30.3 Å². The van der Waals surface area contributed by atoms with Crippen molar-refractivity contribution in [1.29, 1.82) is 0 Å². The van der Waals surface area contributed by atoms with Gasteiger partial charge in [0.15, 0.2) is 0 Å². The van der Waals surface area contributed by atoms with E-state index in [2.05, 4.69) is 4.72 Å². The summed E-state index contributed by atoms with van der Waals surface area (Å²) in [4.78, 5) is 12.3. The number of amides is 1. The van der Waals surface area contributed by atoms with E-state index in [1.54, 1.807) is 49.4 Å². The second kappa shape index (κ2) is 7.28. The molecule has 0 aromatic heterocycles. The summed E-state index contributed by atoms with van der Waals surface area (Å²) in [5, 5.41) is 0. The van der Waals surface area contributed by atoms with Crippen LogP contribution >= 0.6 is 0 Å². The van der Waals surface area contributed by atoms with Crippen molar-refractivity contribution >= 4 is 15.9 Å². The minimum atomic E-state index is -3.85. The number of hydrogen-bond acceptors (Lipinski definition) is 4. The minimum absolute atomic E-state index is 0.0623. The van der Waals surface area contributed by atoms with E-state index in [9.17, 15) is 13.2 Å². The van der Waals surface area contributed by atoms with Gasteiger partial charge < -0.3 is 4.74 Å². The molecule has 0 fully saturated rings. The van der Waals surface area contributed by atoms with Gasteiger partial charge >= 0.3 is 0 Å². The van der Waals surface area contributed by atoms with Gasteiger partial charge in [-0.2, -0.15) is 0 Å². The molecule has 0 heterocycles. The summed E-state index contributed by atoms with van der Waals surface area (Å²) in [5.74, 6) is -0.456. The van der Waals surface area contributed by atoms with Crippen LogP contribution in [0.25, 0.3) is 0 Å². The van der Waals surface area contributed by atoms with Crippen molar-refractivity contribution in [2.24, 2.45) is 0 Å². The van der Waals surface area contributed by atoms with Crippen LogP contribution in [-0.4, -0.2) is 20.9 Å². The number of sulfonamides is 1. The van der Waals surface area contributed by atoms with Crippen LogP contribution in [0.4, 0.5) is 0 Å². The molecule has 1 N–H and O–H groups in total. The molecule has 23 heavy (non-hydrogen) atoms. The third-order valence-corrected chi connectivity index (χ3v) is 4.74. The molecule has 2 aromatic carbocycles. The average Bonchev–Trinajstić information content (AvgIpc) is 2.55. The second-order valence-electron chi connectivity index (χ2n) is 5.01. The van der Waals surface area contributed by atoms with E-state index >= 15 is 0 Å². The quantitative estimate of drug-likeness (QED) is 0.882. The summed E-state index contributed by atoms with van der Waals surface area (Å²) in [6.07, 6.45) is 0. The number of ether oxygens (including phenoxy) is 1. The van der Waals surface area contributed by atoms with Gasteiger partial charge in [-0.3, -0.25) is 4.79 Å². The summed E-state index contributed by atoms with van der Waals surface area (Å²) in [6.45, 7) is 4.11. The van der Waals surface area contributed by atoms with E-state index < -0.39 is 21.8 Å². The van der Waals surface area contributed by atoms with Crippen molar-refractivity contribution in [3.63, 3.8) is 0 Å². The molecule has 1 unspecified atom stereocenters. The molecule has 0 saturated carbocycles. The normalized spacial score (nSPS) is 12.4. The van der Waals surface area contributed by atoms with E-state index in [0.29, 0.717) is 17.9 Å². The number of carbonyl (C=O) groups excluding carboxylic acids is 1. The molecule has 0 spiro atoms. The zero-order valence-corrected chi connectivity index (χ0v) is 13.8. The fraction of sp³-hybridized carbons (Fsp3) is 0.235. The third kappa shape index (κ3) is 4.32. The Kier molecular flexibility index (Phi) is 5.39. The van der Waals surface area contributed by atoms with Gasteiger partial charge in [0.25, 0.3) is 10.0 Å². The van der Waals surface area contributed by atoms with Gasteiger partial charge in [0.1, 0.15) is 5.75 Å². The fourth-order valence-corrected chi connectivity index (χ4v) is 3.13. The largest absolute Gasteiger partial charge is 0.494 e. The van der Waals surface area contributed by atoms with Crippen molar-refractivity contribution in [3.8, 4) is 5.75 Å². The maximum absolute atomic E-state index is 12.2. The first-order chi connectivity index (χ1) is 10.9. The molecule has 0 aliphatic carbocycles. The molecule has 6 heteroatoms. The van der Waals surface area contributed by atoms with Gasteiger partial charge in [0, 0.05) is 0 Å². The highest BCUT2D eigenvalue weighted by Crippen LogP contribution is 2.20. The Hall–Kier alpha value is -2.34. The van der Waals surface area contributed by atoms with Crippen LogP contribution in [0.2, 0.25) is 0 Å². The Morgan fingerprint density at radius 3 is 2.26 bits per heavy atom. The lowest BCUT2D eigenvalue weighted by Gasteiger charge is -2.13. The Balaban J connectivity index is 2.11. The molecule has 122 valence electrons. The Bertz CT molecular complexity index is 755. The smallest absolute Gasteiger partial charge is 0.264 e. The van der Waals surface area contributed by atoms with E-state index in [0.717, 1.165) is 0 Å². The lowest BCUT2D eigenvalue weighted by molar-refractivity contribution is -0.120. The van der Waals surface area contributed by atoms with Gasteiger partial charge in [-0.25, -0.2) is 13.1 Å². The third-order valence-electron chi connectivity index (χ3n) is 3.37. The zero-order valence-electron chi connectivity index (χ0n) is 13.0. The minimum Gasteiger partial charge on any atom is -0.494 e. The highest BCUT2D eigenvalue weighted by molar-refractivity contribution is 7.90. The number of hydrogen-bond donors (Lipinski definition) is 1. The Labute approximate surface area is 136 Å². The standard InChI is InChI=1S/C17H19NO4S/c1-3-22-15-11-9-14(10-12-15)13(2)17(19)18-23(20,21)16-7-5-4-6-8-16/h4-13H,3H2,1-2H3,(H,18,19). The van der Waals surface area contributed by atoms with Crippen molar-refractivity contribution in [2.45, 2.75) is 24.7 Å². The highest BCUT2D eigenvalue weighted by Gasteiger charge is 2.22. The van der Waals surface area contributed by atoms with E-state index in [1.807, 2.05) is 6.92 Å². The molecule has 5 nitrogen and oxygen atoms in total. The first-order valence-electron chi connectivity index (χ1n) is 7.28. The van der Waals surface area contributed by atoms with Crippen LogP contribution in [0.1, 0.15) is 25.3 Å². The summed E-state index contributed by atoms with van der Waals surface area (Å²) in [5.41, 5.74) is 0.717. The molecule has 2 rings (SSSR count). The topological polar surface area (TPSA) is 72.5 Å². The monoisotopic (exact) mass is 333 g/mol. The number of benzene rings is 2. The number of carbonyl (C=O) groups is 1. The van der Waals surface area contributed by atoms with E-state index in [4.69, 9.17) is 4.74 Å². The molecule has 1 atom stereocenters. The first-order valence-corrected chi connectivity index (χ1v) is 8.77. The van der Waals surface area contributed by atoms with E-state index in [-0.39, 0.29) is 4.90 Å². The molecule has 1 amide bonds. The molecule has 0 saturated heterocycles. The van der Waals surface area contributed by atoms with Crippen molar-refractivity contribution in [1.82, 2.24) is 4.72 Å². The van der Waals surface area contributed by atoms with Gasteiger partial charge in [0.05, 0.1) is 17.4 Å². The number of nitrogens with one attached hydrogen (secondary N) is 1. The zero-order chi connectivity index (χ0) is 16.9. The van der Waals surface area contributed by atoms with Crippen LogP contribution in [0.3, 0.4) is 0 Å². The molecule has 0 radical (unpaired) electrons. The van der Waals surface area contributed by atoms with Gasteiger partial charge in [-0.05, 0) is 43.7 Å². The SMILES string of the molecule is CCOc1ccc(C(C)C(=O)NS(=O)(=O)c2ccccc2)cc1. The summed E-state index contributed by atoms with van der Waals surface area (Å²) in [6, 6.07) is 14.8. The van der Waals surface area contributed by atoms with Crippen LogP contribution in [0.15, 0.2) is 59.5 Å². The molecular formula is C17H19NO4S. The van der Waals surface area contributed by atoms with Crippen molar-refractivity contribution in [3.05, 3.63) is 60.2 Å². The van der Waals surface area contributed by atoms with Gasteiger partial charge in [-0.15, -0.1) is 0 Å². The second-order valence-corrected chi connectivity index (χ2v) is 6.69. The van der Waals surface area contributed by atoms with Crippen LogP contribution in [-0.2, 0) is 14.8 Å². The maximum atomic E-state index is 12.2. The van der Waals surface area contributed by atoms with E-state index in [1.165, 1.54) is 12.1 Å². The van der Waals surface area contributed by atoms with Crippen LogP contribution < -0.4 is 9.46 Å². The Morgan fingerprint density at radius 1 is 1.09 bits per heavy atom. The average molecular weight is 333 g/mol. The summed E-state index contributed by atoms with van der Waals surface area (Å²) >= 11 is 0. The summed E-state index contributed by atoms with van der Waals surface area (Å²) < 4.78 is 31.8. The Morgan fingerprint density at radius 2 is 1.70 bits per heavy atom. The molecule has 0 aliphatic rings. The fourth-order valence-electron chi connectivity index (χ4n) is 2.05. The predicted octanol–water partition coefficient (Wildman–Crippen LogP) is 2.69. The summed E-state index contributed by atoms with van der Waals surface area (Å²) in [7, 11) is -3.85. The number of rotatable bonds is 6. The first kappa shape index (κ1) is 17.0. The van der Waals surface area contributed by atoms with Crippen molar-refractivity contribution in [2.75, 3.05) is 6.61 Å². The molecule has 2 aromatic rings. The van der Waals surface area contributed by atoms with Gasteiger partial charge in [0.2, 0.25) is 5.91 Å². The highest BCUT2D eigenvalue weighted by atomic mass is 32.2. The van der Waals surface area contributed by atoms with Crippen LogP contribution in [0, 0.1) is 0 Å². The predicted molar refractivity (Wildman–Crippen MR) is 87.8 cm³/mol. The van der Waals surface area contributed by atoms with Crippen molar-refractivity contribution < 1.29 is 17.9 Å². The lowest BCUT2D eigenvalue weighted by Crippen LogP contribution is -2.33. The van der Waals surface area contributed by atoms with Crippen LogP contribution in [0.5, 0.6) is 5.75 Å². The molecule has 0 aliphatic heterocycles. The lowest BCUT2D eigenvalue weighted by atomic mass is 10.0. The molecular weight excluding hydrogens is 314 g/mol.